The maximum atomic E-state index is 12.4. The van der Waals surface area contributed by atoms with Crippen LogP contribution in [-0.2, 0) is 6.42 Å². The number of hydrogen-bond donors (Lipinski definition) is 1. The lowest BCUT2D eigenvalue weighted by Crippen LogP contribution is -2.45. The fourth-order valence-electron chi connectivity index (χ4n) is 1.12. The van der Waals surface area contributed by atoms with Crippen LogP contribution in [0.4, 0.5) is 8.78 Å². The molecule has 1 aromatic carbocycles. The molecule has 1 atom stereocenters. The average Bonchev–Trinajstić information content (AvgIpc) is 2.08. The van der Waals surface area contributed by atoms with Crippen molar-refractivity contribution in [3.63, 3.8) is 0 Å². The van der Waals surface area contributed by atoms with Gasteiger partial charge in [0, 0.05) is 5.02 Å². The molecule has 0 aromatic heterocycles. The van der Waals surface area contributed by atoms with E-state index in [1.54, 1.807) is 24.3 Å². The fraction of sp³-hybridized carbons (Fsp3) is 0.400. The second kappa shape index (κ2) is 4.24. The van der Waals surface area contributed by atoms with Crippen LogP contribution in [0.1, 0.15) is 12.5 Å². The molecule has 0 heterocycles. The van der Waals surface area contributed by atoms with Crippen molar-refractivity contribution in [2.24, 2.45) is 5.73 Å². The van der Waals surface area contributed by atoms with E-state index >= 15 is 0 Å². The highest BCUT2D eigenvalue weighted by Gasteiger charge is 2.30. The lowest BCUT2D eigenvalue weighted by Gasteiger charge is -2.23. The maximum Gasteiger partial charge on any atom is 0.256 e. The van der Waals surface area contributed by atoms with E-state index in [1.165, 1.54) is 6.92 Å². The summed E-state index contributed by atoms with van der Waals surface area (Å²) in [4.78, 5) is 0. The summed E-state index contributed by atoms with van der Waals surface area (Å²) < 4.78 is 24.9. The summed E-state index contributed by atoms with van der Waals surface area (Å²) in [6.07, 6.45) is -2.39. The summed E-state index contributed by atoms with van der Waals surface area (Å²) in [5.74, 6) is 0. The Labute approximate surface area is 86.9 Å². The zero-order chi connectivity index (χ0) is 10.8. The number of hydrogen-bond acceptors (Lipinski definition) is 1. The van der Waals surface area contributed by atoms with Gasteiger partial charge in [0.2, 0.25) is 0 Å². The molecule has 0 spiro atoms. The van der Waals surface area contributed by atoms with Crippen molar-refractivity contribution in [2.45, 2.75) is 25.3 Å². The second-order valence-electron chi connectivity index (χ2n) is 3.61. The summed E-state index contributed by atoms with van der Waals surface area (Å²) in [5.41, 5.74) is 4.73. The minimum Gasteiger partial charge on any atom is -0.320 e. The Morgan fingerprint density at radius 3 is 2.29 bits per heavy atom. The summed E-state index contributed by atoms with van der Waals surface area (Å²) >= 11 is 5.67. The standard InChI is InChI=1S/C10H12ClF2N/c1-10(14,9(12)13)6-7-2-4-8(11)5-3-7/h2-5,9H,6,14H2,1H3. The predicted octanol–water partition coefficient (Wildman–Crippen LogP) is 2.87. The van der Waals surface area contributed by atoms with Gasteiger partial charge in [0.25, 0.3) is 6.43 Å². The van der Waals surface area contributed by atoms with Crippen molar-refractivity contribution >= 4 is 11.6 Å². The van der Waals surface area contributed by atoms with Gasteiger partial charge < -0.3 is 5.73 Å². The Hall–Kier alpha value is -0.670. The average molecular weight is 220 g/mol. The van der Waals surface area contributed by atoms with Crippen LogP contribution in [0.5, 0.6) is 0 Å². The number of alkyl halides is 2. The van der Waals surface area contributed by atoms with Crippen LogP contribution in [0.2, 0.25) is 5.02 Å². The van der Waals surface area contributed by atoms with Gasteiger partial charge in [-0.25, -0.2) is 8.78 Å². The van der Waals surface area contributed by atoms with Crippen molar-refractivity contribution in [3.05, 3.63) is 34.9 Å². The van der Waals surface area contributed by atoms with Crippen LogP contribution in [-0.4, -0.2) is 12.0 Å². The molecule has 0 amide bonds. The molecule has 4 heteroatoms. The molecule has 2 N–H and O–H groups in total. The van der Waals surface area contributed by atoms with Crippen LogP contribution in [0, 0.1) is 0 Å². The predicted molar refractivity (Wildman–Crippen MR) is 53.8 cm³/mol. The molecule has 1 unspecified atom stereocenters. The third-order valence-electron chi connectivity index (χ3n) is 2.00. The molecule has 0 radical (unpaired) electrons. The van der Waals surface area contributed by atoms with E-state index in [9.17, 15) is 8.78 Å². The van der Waals surface area contributed by atoms with Crippen molar-refractivity contribution in [1.29, 1.82) is 0 Å². The molecule has 0 saturated heterocycles. The molecule has 1 aromatic rings. The molecule has 0 saturated carbocycles. The monoisotopic (exact) mass is 219 g/mol. The molecular formula is C10H12ClF2N. The highest BCUT2D eigenvalue weighted by molar-refractivity contribution is 6.30. The Kier molecular flexibility index (Phi) is 3.45. The van der Waals surface area contributed by atoms with E-state index in [2.05, 4.69) is 0 Å². The largest absolute Gasteiger partial charge is 0.320 e. The van der Waals surface area contributed by atoms with Gasteiger partial charge in [-0.1, -0.05) is 23.7 Å². The fourth-order valence-corrected chi connectivity index (χ4v) is 1.25. The molecule has 0 aliphatic heterocycles. The number of rotatable bonds is 3. The normalized spacial score (nSPS) is 15.6. The Morgan fingerprint density at radius 2 is 1.86 bits per heavy atom. The van der Waals surface area contributed by atoms with Gasteiger partial charge in [-0.05, 0) is 31.0 Å². The van der Waals surface area contributed by atoms with Gasteiger partial charge in [0.1, 0.15) is 0 Å². The molecule has 1 nitrogen and oxygen atoms in total. The van der Waals surface area contributed by atoms with Crippen LogP contribution in [0.15, 0.2) is 24.3 Å². The quantitative estimate of drug-likeness (QED) is 0.831. The van der Waals surface area contributed by atoms with Gasteiger partial charge >= 0.3 is 0 Å². The molecular weight excluding hydrogens is 208 g/mol. The van der Waals surface area contributed by atoms with Gasteiger partial charge in [0.05, 0.1) is 5.54 Å². The Bertz CT molecular complexity index is 295. The van der Waals surface area contributed by atoms with Crippen molar-refractivity contribution in [2.75, 3.05) is 0 Å². The number of benzene rings is 1. The van der Waals surface area contributed by atoms with Crippen molar-refractivity contribution in [1.82, 2.24) is 0 Å². The lowest BCUT2D eigenvalue weighted by atomic mass is 9.94. The summed E-state index contributed by atoms with van der Waals surface area (Å²) in [7, 11) is 0. The van der Waals surface area contributed by atoms with Gasteiger partial charge in [0.15, 0.2) is 0 Å². The summed E-state index contributed by atoms with van der Waals surface area (Å²) in [6.45, 7) is 1.34. The third-order valence-corrected chi connectivity index (χ3v) is 2.25. The zero-order valence-electron chi connectivity index (χ0n) is 7.81. The minimum absolute atomic E-state index is 0.141. The van der Waals surface area contributed by atoms with E-state index in [-0.39, 0.29) is 6.42 Å². The van der Waals surface area contributed by atoms with Crippen LogP contribution < -0.4 is 5.73 Å². The third kappa shape index (κ3) is 2.93. The van der Waals surface area contributed by atoms with Crippen LogP contribution >= 0.6 is 11.6 Å². The lowest BCUT2D eigenvalue weighted by molar-refractivity contribution is 0.0639. The molecule has 78 valence electrons. The van der Waals surface area contributed by atoms with Gasteiger partial charge in [-0.15, -0.1) is 0 Å². The zero-order valence-corrected chi connectivity index (χ0v) is 8.56. The topological polar surface area (TPSA) is 26.0 Å². The first-order chi connectivity index (χ1) is 6.42. The maximum absolute atomic E-state index is 12.4. The van der Waals surface area contributed by atoms with Gasteiger partial charge in [-0.3, -0.25) is 0 Å². The first-order valence-corrected chi connectivity index (χ1v) is 4.61. The second-order valence-corrected chi connectivity index (χ2v) is 4.05. The van der Waals surface area contributed by atoms with Crippen molar-refractivity contribution in [3.8, 4) is 0 Å². The summed E-state index contributed by atoms with van der Waals surface area (Å²) in [5, 5.41) is 0.588. The molecule has 14 heavy (non-hydrogen) atoms. The smallest absolute Gasteiger partial charge is 0.256 e. The summed E-state index contributed by atoms with van der Waals surface area (Å²) in [6, 6.07) is 6.74. The Balaban J connectivity index is 2.74. The van der Waals surface area contributed by atoms with E-state index < -0.39 is 12.0 Å². The van der Waals surface area contributed by atoms with Crippen molar-refractivity contribution < 1.29 is 8.78 Å². The molecule has 0 bridgehead atoms. The molecule has 0 aliphatic rings. The number of halogens is 3. The highest BCUT2D eigenvalue weighted by Crippen LogP contribution is 2.19. The SMILES string of the molecule is CC(N)(Cc1ccc(Cl)cc1)C(F)F. The van der Waals surface area contributed by atoms with E-state index in [0.717, 1.165) is 5.56 Å². The van der Waals surface area contributed by atoms with E-state index in [1.807, 2.05) is 0 Å². The molecule has 0 aliphatic carbocycles. The van der Waals surface area contributed by atoms with Crippen LogP contribution in [0.25, 0.3) is 0 Å². The van der Waals surface area contributed by atoms with Crippen LogP contribution in [0.3, 0.4) is 0 Å². The first-order valence-electron chi connectivity index (χ1n) is 4.23. The Morgan fingerprint density at radius 1 is 1.36 bits per heavy atom. The van der Waals surface area contributed by atoms with E-state index in [4.69, 9.17) is 17.3 Å². The molecule has 0 fully saturated rings. The first kappa shape index (κ1) is 11.4. The highest BCUT2D eigenvalue weighted by atomic mass is 35.5. The van der Waals surface area contributed by atoms with E-state index in [0.29, 0.717) is 5.02 Å². The van der Waals surface area contributed by atoms with Gasteiger partial charge in [-0.2, -0.15) is 0 Å². The minimum atomic E-state index is -2.53. The number of nitrogens with two attached hydrogens (primary N) is 1. The molecule has 1 rings (SSSR count).